The number of nitrogens with one attached hydrogen (secondary N) is 1. The van der Waals surface area contributed by atoms with E-state index >= 15 is 0 Å². The van der Waals surface area contributed by atoms with Gasteiger partial charge in [0.15, 0.2) is 17.3 Å². The Balaban J connectivity index is 2.18. The topological polar surface area (TPSA) is 73.9 Å². The zero-order chi connectivity index (χ0) is 16.1. The maximum atomic E-state index is 12.2. The van der Waals surface area contributed by atoms with E-state index in [4.69, 9.17) is 9.47 Å². The molecule has 118 valence electrons. The normalized spacial score (nSPS) is 10.5. The first-order valence-corrected chi connectivity index (χ1v) is 7.41. The fraction of sp³-hybridized carbons (Fsp3) is 0.333. The summed E-state index contributed by atoms with van der Waals surface area (Å²) in [6, 6.07) is 5.48. The molecular weight excluding hydrogens is 306 g/mol. The molecule has 7 heteroatoms. The zero-order valence-corrected chi connectivity index (χ0v) is 13.4. The molecule has 0 saturated heterocycles. The summed E-state index contributed by atoms with van der Waals surface area (Å²) in [5.41, 5.74) is 2.19. The standard InChI is InChI=1S/C15H17NO5S/c1-19-11-6-9-7-14(22-13(9)8-12(11)20-2)10(17)4-5-15(18)16-21-3/h6-8H,4-5H2,1-3H3,(H,16,18). The molecule has 0 aliphatic rings. The van der Waals surface area contributed by atoms with E-state index in [1.165, 1.54) is 18.4 Å². The summed E-state index contributed by atoms with van der Waals surface area (Å²) >= 11 is 1.37. The van der Waals surface area contributed by atoms with Crippen molar-refractivity contribution < 1.29 is 23.9 Å². The van der Waals surface area contributed by atoms with Crippen LogP contribution in [0.1, 0.15) is 22.5 Å². The van der Waals surface area contributed by atoms with Gasteiger partial charge in [-0.05, 0) is 17.5 Å². The minimum Gasteiger partial charge on any atom is -0.493 e. The van der Waals surface area contributed by atoms with E-state index in [-0.39, 0.29) is 24.5 Å². The van der Waals surface area contributed by atoms with Crippen LogP contribution < -0.4 is 15.0 Å². The van der Waals surface area contributed by atoms with Crippen molar-refractivity contribution in [2.24, 2.45) is 0 Å². The number of amides is 1. The first-order valence-electron chi connectivity index (χ1n) is 6.59. The Bertz CT molecular complexity index is 654. The molecule has 1 aromatic carbocycles. The lowest BCUT2D eigenvalue weighted by atomic mass is 10.1. The number of hydroxylamine groups is 1. The van der Waals surface area contributed by atoms with Crippen LogP contribution in [0.15, 0.2) is 18.2 Å². The van der Waals surface area contributed by atoms with Gasteiger partial charge in [0.1, 0.15) is 0 Å². The number of hydrogen-bond donors (Lipinski definition) is 1. The number of rotatable bonds is 7. The number of benzene rings is 1. The molecule has 0 radical (unpaired) electrons. The largest absolute Gasteiger partial charge is 0.493 e. The van der Waals surface area contributed by atoms with Gasteiger partial charge >= 0.3 is 0 Å². The Morgan fingerprint density at radius 2 is 1.73 bits per heavy atom. The molecule has 0 aliphatic heterocycles. The Morgan fingerprint density at radius 1 is 1.05 bits per heavy atom. The van der Waals surface area contributed by atoms with Crippen molar-refractivity contribution in [3.05, 3.63) is 23.1 Å². The number of carbonyl (C=O) groups excluding carboxylic acids is 2. The number of thiophene rings is 1. The highest BCUT2D eigenvalue weighted by atomic mass is 32.1. The van der Waals surface area contributed by atoms with Crippen LogP contribution in [0.25, 0.3) is 10.1 Å². The van der Waals surface area contributed by atoms with Crippen LogP contribution in [-0.4, -0.2) is 33.0 Å². The van der Waals surface area contributed by atoms with E-state index in [0.29, 0.717) is 16.4 Å². The highest BCUT2D eigenvalue weighted by Crippen LogP contribution is 2.36. The van der Waals surface area contributed by atoms with Crippen molar-refractivity contribution in [2.75, 3.05) is 21.3 Å². The predicted octanol–water partition coefficient (Wildman–Crippen LogP) is 2.56. The van der Waals surface area contributed by atoms with E-state index in [0.717, 1.165) is 10.1 Å². The van der Waals surface area contributed by atoms with E-state index in [1.807, 2.05) is 12.1 Å². The molecule has 0 saturated carbocycles. The average molecular weight is 323 g/mol. The summed E-state index contributed by atoms with van der Waals surface area (Å²) in [6.45, 7) is 0. The summed E-state index contributed by atoms with van der Waals surface area (Å²) < 4.78 is 11.4. The molecule has 1 amide bonds. The Kier molecular flexibility index (Phi) is 5.35. The van der Waals surface area contributed by atoms with Crippen LogP contribution in [0.4, 0.5) is 0 Å². The first-order chi connectivity index (χ1) is 10.6. The van der Waals surface area contributed by atoms with Gasteiger partial charge in [-0.3, -0.25) is 14.4 Å². The van der Waals surface area contributed by atoms with Gasteiger partial charge in [-0.25, -0.2) is 5.48 Å². The maximum Gasteiger partial charge on any atom is 0.243 e. The zero-order valence-electron chi connectivity index (χ0n) is 12.6. The summed E-state index contributed by atoms with van der Waals surface area (Å²) in [4.78, 5) is 28.6. The first kappa shape index (κ1) is 16.3. The van der Waals surface area contributed by atoms with E-state index in [1.54, 1.807) is 20.3 Å². The minimum atomic E-state index is -0.319. The van der Waals surface area contributed by atoms with Crippen molar-refractivity contribution >= 4 is 33.1 Å². The van der Waals surface area contributed by atoms with Crippen LogP contribution >= 0.6 is 11.3 Å². The summed E-state index contributed by atoms with van der Waals surface area (Å²) in [7, 11) is 4.49. The van der Waals surface area contributed by atoms with Crippen LogP contribution in [0.3, 0.4) is 0 Å². The van der Waals surface area contributed by atoms with Crippen molar-refractivity contribution in [3.63, 3.8) is 0 Å². The summed E-state index contributed by atoms with van der Waals surface area (Å²) in [5.74, 6) is 0.840. The van der Waals surface area contributed by atoms with Gasteiger partial charge in [0.05, 0.1) is 26.2 Å². The molecule has 22 heavy (non-hydrogen) atoms. The molecular formula is C15H17NO5S. The second kappa shape index (κ2) is 7.24. The molecule has 6 nitrogen and oxygen atoms in total. The second-order valence-electron chi connectivity index (χ2n) is 4.51. The maximum absolute atomic E-state index is 12.2. The number of fused-ring (bicyclic) bond motifs is 1. The molecule has 2 rings (SSSR count). The monoisotopic (exact) mass is 323 g/mol. The predicted molar refractivity (Wildman–Crippen MR) is 83.6 cm³/mol. The van der Waals surface area contributed by atoms with Crippen molar-refractivity contribution in [3.8, 4) is 11.5 Å². The molecule has 0 spiro atoms. The van der Waals surface area contributed by atoms with Gasteiger partial charge in [0.2, 0.25) is 5.91 Å². The molecule has 0 bridgehead atoms. The SMILES string of the molecule is CONC(=O)CCC(=O)c1cc2cc(OC)c(OC)cc2s1. The molecule has 1 heterocycles. The van der Waals surface area contributed by atoms with E-state index < -0.39 is 0 Å². The van der Waals surface area contributed by atoms with Crippen LogP contribution in [-0.2, 0) is 9.63 Å². The number of Topliss-reactive ketones (excluding diaryl/α,β-unsaturated/α-hetero) is 1. The van der Waals surface area contributed by atoms with Crippen molar-refractivity contribution in [2.45, 2.75) is 12.8 Å². The highest BCUT2D eigenvalue weighted by molar-refractivity contribution is 7.20. The molecule has 0 aliphatic carbocycles. The average Bonchev–Trinajstić information content (AvgIpc) is 2.94. The smallest absolute Gasteiger partial charge is 0.243 e. The van der Waals surface area contributed by atoms with Crippen LogP contribution in [0.5, 0.6) is 11.5 Å². The number of hydrogen-bond acceptors (Lipinski definition) is 6. The quantitative estimate of drug-likeness (QED) is 0.626. The third kappa shape index (κ3) is 3.55. The van der Waals surface area contributed by atoms with Gasteiger partial charge in [-0.2, -0.15) is 0 Å². The lowest BCUT2D eigenvalue weighted by Gasteiger charge is -2.06. The lowest BCUT2D eigenvalue weighted by molar-refractivity contribution is -0.131. The van der Waals surface area contributed by atoms with Gasteiger partial charge in [0.25, 0.3) is 0 Å². The highest BCUT2D eigenvalue weighted by Gasteiger charge is 2.14. The summed E-state index contributed by atoms with van der Waals surface area (Å²) in [6.07, 6.45) is 0.226. The number of carbonyl (C=O) groups is 2. The van der Waals surface area contributed by atoms with E-state index in [9.17, 15) is 9.59 Å². The third-order valence-corrected chi connectivity index (χ3v) is 4.23. The van der Waals surface area contributed by atoms with Gasteiger partial charge in [-0.1, -0.05) is 0 Å². The van der Waals surface area contributed by atoms with Crippen molar-refractivity contribution in [1.29, 1.82) is 0 Å². The Labute approximate surface area is 131 Å². The fourth-order valence-electron chi connectivity index (χ4n) is 2.02. The second-order valence-corrected chi connectivity index (χ2v) is 5.59. The molecule has 0 unspecified atom stereocenters. The Morgan fingerprint density at radius 3 is 2.36 bits per heavy atom. The van der Waals surface area contributed by atoms with Gasteiger partial charge in [-0.15, -0.1) is 11.3 Å². The number of ether oxygens (including phenoxy) is 2. The molecule has 1 aromatic heterocycles. The lowest BCUT2D eigenvalue weighted by Crippen LogP contribution is -2.22. The molecule has 0 atom stereocenters. The number of ketones is 1. The van der Waals surface area contributed by atoms with E-state index in [2.05, 4.69) is 10.3 Å². The van der Waals surface area contributed by atoms with Crippen molar-refractivity contribution in [1.82, 2.24) is 5.48 Å². The molecule has 1 N–H and O–H groups in total. The molecule has 0 fully saturated rings. The van der Waals surface area contributed by atoms with Crippen LogP contribution in [0, 0.1) is 0 Å². The minimum absolute atomic E-state index is 0.0783. The molecule has 2 aromatic rings. The van der Waals surface area contributed by atoms with Gasteiger partial charge in [0, 0.05) is 23.6 Å². The van der Waals surface area contributed by atoms with Gasteiger partial charge < -0.3 is 9.47 Å². The fourth-order valence-corrected chi connectivity index (χ4v) is 3.06. The third-order valence-electron chi connectivity index (χ3n) is 3.09. The van der Waals surface area contributed by atoms with Crippen LogP contribution in [0.2, 0.25) is 0 Å². The Hall–Kier alpha value is -2.12. The summed E-state index contributed by atoms with van der Waals surface area (Å²) in [5, 5.41) is 0.910. The number of methoxy groups -OCH3 is 2.